The molecule has 0 N–H and O–H groups in total. The molecule has 0 bridgehead atoms. The second kappa shape index (κ2) is 4.97. The molecular weight excluding hydrogens is 223 g/mol. The van der Waals surface area contributed by atoms with Gasteiger partial charge in [0, 0.05) is 0 Å². The average molecular weight is 234 g/mol. The van der Waals surface area contributed by atoms with Crippen molar-refractivity contribution in [2.24, 2.45) is 0 Å². The average Bonchev–Trinajstić information content (AvgIpc) is 2.16. The molecule has 3 nitrogen and oxygen atoms in total. The molecule has 1 aliphatic carbocycles. The largest absolute Gasteiger partial charge is 1.00 e. The van der Waals surface area contributed by atoms with Gasteiger partial charge in [0.1, 0.15) is 0 Å². The molecule has 0 saturated heterocycles. The Balaban J connectivity index is 0.00000112. The number of hydrogen-bond donors (Lipinski definition) is 0. The van der Waals surface area contributed by atoms with Gasteiger partial charge in [0.25, 0.3) is 0 Å². The van der Waals surface area contributed by atoms with Gasteiger partial charge in [-0.25, -0.2) is 8.42 Å². The van der Waals surface area contributed by atoms with E-state index >= 15 is 0 Å². The first-order valence-electron chi connectivity index (χ1n) is 4.59. The van der Waals surface area contributed by atoms with Crippen LogP contribution in [0.1, 0.15) is 17.5 Å². The van der Waals surface area contributed by atoms with Crippen molar-refractivity contribution in [2.45, 2.75) is 24.5 Å². The van der Waals surface area contributed by atoms with Gasteiger partial charge in [0.15, 0.2) is 0 Å². The maximum absolute atomic E-state index is 10.8. The zero-order chi connectivity index (χ0) is 10.2. The zero-order valence-electron chi connectivity index (χ0n) is 8.64. The standard InChI is InChI=1S/C10H12O3S.Na/c11-14(12,13)10-6-5-8-3-1-2-4-9(8)7-10;/h1-4,10H,5-7H2,(H,11,12,13);/q;+1/p-1. The van der Waals surface area contributed by atoms with Crippen molar-refractivity contribution >= 4 is 10.1 Å². The summed E-state index contributed by atoms with van der Waals surface area (Å²) in [6.45, 7) is 0. The van der Waals surface area contributed by atoms with Crippen LogP contribution in [0.3, 0.4) is 0 Å². The van der Waals surface area contributed by atoms with Crippen molar-refractivity contribution in [3.8, 4) is 0 Å². The first-order valence-corrected chi connectivity index (χ1v) is 6.06. The predicted molar refractivity (Wildman–Crippen MR) is 52.0 cm³/mol. The fourth-order valence-electron chi connectivity index (χ4n) is 1.91. The van der Waals surface area contributed by atoms with Crippen molar-refractivity contribution in [1.29, 1.82) is 0 Å². The van der Waals surface area contributed by atoms with Crippen molar-refractivity contribution in [3.63, 3.8) is 0 Å². The third-order valence-corrected chi connectivity index (χ3v) is 3.93. The summed E-state index contributed by atoms with van der Waals surface area (Å²) in [5, 5.41) is -0.725. The minimum Gasteiger partial charge on any atom is -0.748 e. The Labute approximate surface area is 112 Å². The van der Waals surface area contributed by atoms with E-state index in [2.05, 4.69) is 0 Å². The van der Waals surface area contributed by atoms with Crippen molar-refractivity contribution in [3.05, 3.63) is 35.4 Å². The summed E-state index contributed by atoms with van der Waals surface area (Å²) in [6.07, 6.45) is 1.53. The summed E-state index contributed by atoms with van der Waals surface area (Å²) in [5.74, 6) is 0. The Morgan fingerprint density at radius 1 is 1.20 bits per heavy atom. The second-order valence-electron chi connectivity index (χ2n) is 3.63. The molecule has 0 amide bonds. The molecule has 2 rings (SSSR count). The second-order valence-corrected chi connectivity index (χ2v) is 5.28. The first-order chi connectivity index (χ1) is 6.57. The van der Waals surface area contributed by atoms with Crippen LogP contribution in [-0.2, 0) is 23.0 Å². The normalized spacial score (nSPS) is 20.2. The Bertz CT molecular complexity index is 442. The topological polar surface area (TPSA) is 57.2 Å². The van der Waals surface area contributed by atoms with Crippen LogP contribution in [0.15, 0.2) is 24.3 Å². The Kier molecular flexibility index (Phi) is 4.38. The van der Waals surface area contributed by atoms with E-state index in [1.54, 1.807) is 0 Å². The summed E-state index contributed by atoms with van der Waals surface area (Å²) < 4.78 is 32.5. The van der Waals surface area contributed by atoms with Crippen LogP contribution in [-0.4, -0.2) is 18.2 Å². The first kappa shape index (κ1) is 13.2. The summed E-state index contributed by atoms with van der Waals surface area (Å²) >= 11 is 0. The SMILES string of the molecule is O=S(=O)([O-])C1CCc2ccccc2C1.[Na+]. The van der Waals surface area contributed by atoms with Crippen LogP contribution in [0, 0.1) is 0 Å². The van der Waals surface area contributed by atoms with E-state index in [1.807, 2.05) is 24.3 Å². The number of aryl methyl sites for hydroxylation is 1. The molecule has 0 radical (unpaired) electrons. The fraction of sp³-hybridized carbons (Fsp3) is 0.400. The van der Waals surface area contributed by atoms with E-state index in [0.29, 0.717) is 19.3 Å². The van der Waals surface area contributed by atoms with E-state index in [-0.39, 0.29) is 29.6 Å². The molecule has 0 spiro atoms. The molecule has 0 fully saturated rings. The van der Waals surface area contributed by atoms with E-state index in [9.17, 15) is 13.0 Å². The Hall–Kier alpha value is 0.130. The van der Waals surface area contributed by atoms with E-state index in [0.717, 1.165) is 5.56 Å². The Morgan fingerprint density at radius 3 is 2.40 bits per heavy atom. The van der Waals surface area contributed by atoms with Crippen LogP contribution in [0.2, 0.25) is 0 Å². The number of benzene rings is 1. The van der Waals surface area contributed by atoms with Gasteiger partial charge in [-0.2, -0.15) is 0 Å². The molecule has 1 aliphatic rings. The van der Waals surface area contributed by atoms with Gasteiger partial charge < -0.3 is 4.55 Å². The van der Waals surface area contributed by atoms with Crippen molar-refractivity contribution < 1.29 is 42.5 Å². The van der Waals surface area contributed by atoms with E-state index in [1.165, 1.54) is 5.56 Å². The van der Waals surface area contributed by atoms with Crippen LogP contribution >= 0.6 is 0 Å². The monoisotopic (exact) mass is 234 g/mol. The molecule has 76 valence electrons. The minimum absolute atomic E-state index is 0. The molecule has 0 aromatic heterocycles. The number of fused-ring (bicyclic) bond motifs is 1. The van der Waals surface area contributed by atoms with E-state index < -0.39 is 15.4 Å². The molecule has 0 aliphatic heterocycles. The van der Waals surface area contributed by atoms with Crippen molar-refractivity contribution in [2.75, 3.05) is 0 Å². The van der Waals surface area contributed by atoms with Gasteiger partial charge in [-0.05, 0) is 30.4 Å². The fourth-order valence-corrected chi connectivity index (χ4v) is 2.70. The zero-order valence-corrected chi connectivity index (χ0v) is 11.5. The van der Waals surface area contributed by atoms with Crippen LogP contribution in [0.4, 0.5) is 0 Å². The van der Waals surface area contributed by atoms with Crippen LogP contribution in [0.25, 0.3) is 0 Å². The maximum Gasteiger partial charge on any atom is 1.00 e. The van der Waals surface area contributed by atoms with E-state index in [4.69, 9.17) is 0 Å². The van der Waals surface area contributed by atoms with Crippen LogP contribution in [0.5, 0.6) is 0 Å². The van der Waals surface area contributed by atoms with Gasteiger partial charge >= 0.3 is 29.6 Å². The molecule has 1 aromatic carbocycles. The van der Waals surface area contributed by atoms with Crippen LogP contribution < -0.4 is 29.6 Å². The van der Waals surface area contributed by atoms with Crippen molar-refractivity contribution in [1.82, 2.24) is 0 Å². The summed E-state index contributed by atoms with van der Waals surface area (Å²) in [7, 11) is -4.12. The molecule has 1 atom stereocenters. The Morgan fingerprint density at radius 2 is 1.80 bits per heavy atom. The minimum atomic E-state index is -4.12. The van der Waals surface area contributed by atoms with Gasteiger partial charge in [-0.15, -0.1) is 0 Å². The quantitative estimate of drug-likeness (QED) is 0.421. The molecular formula is C10H11NaO3S. The number of hydrogen-bond acceptors (Lipinski definition) is 3. The summed E-state index contributed by atoms with van der Waals surface area (Å²) in [5.41, 5.74) is 2.18. The molecule has 1 unspecified atom stereocenters. The summed E-state index contributed by atoms with van der Waals surface area (Å²) in [6, 6.07) is 7.69. The molecule has 0 saturated carbocycles. The molecule has 0 heterocycles. The van der Waals surface area contributed by atoms with Gasteiger partial charge in [-0.1, -0.05) is 24.3 Å². The third kappa shape index (κ3) is 3.04. The summed E-state index contributed by atoms with van der Waals surface area (Å²) in [4.78, 5) is 0. The van der Waals surface area contributed by atoms with Gasteiger partial charge in [-0.3, -0.25) is 0 Å². The smallest absolute Gasteiger partial charge is 0.748 e. The predicted octanol–water partition coefficient (Wildman–Crippen LogP) is -1.91. The molecule has 1 aromatic rings. The number of rotatable bonds is 1. The molecule has 15 heavy (non-hydrogen) atoms. The van der Waals surface area contributed by atoms with Gasteiger partial charge in [0.2, 0.25) is 0 Å². The third-order valence-electron chi connectivity index (χ3n) is 2.71. The van der Waals surface area contributed by atoms with Gasteiger partial charge in [0.05, 0.1) is 15.4 Å². The maximum atomic E-state index is 10.8. The molecule has 5 heteroatoms.